The maximum atomic E-state index is 5.86. The van der Waals surface area contributed by atoms with Crippen LogP contribution in [0.3, 0.4) is 0 Å². The van der Waals surface area contributed by atoms with Crippen LogP contribution in [-0.4, -0.2) is 11.4 Å². The van der Waals surface area contributed by atoms with Crippen LogP contribution in [0.4, 0.5) is 0 Å². The summed E-state index contributed by atoms with van der Waals surface area (Å²) in [6.07, 6.45) is 4.01. The minimum atomic E-state index is 0.530. The van der Waals surface area contributed by atoms with E-state index in [0.717, 1.165) is 5.92 Å². The van der Waals surface area contributed by atoms with E-state index in [4.69, 9.17) is 5.73 Å². The van der Waals surface area contributed by atoms with E-state index in [9.17, 15) is 0 Å². The molecule has 2 aliphatic rings. The van der Waals surface area contributed by atoms with Crippen molar-refractivity contribution in [2.45, 2.75) is 25.3 Å². The van der Waals surface area contributed by atoms with Crippen LogP contribution in [0.15, 0.2) is 0 Å². The second kappa shape index (κ2) is 1.73. The zero-order valence-corrected chi connectivity index (χ0v) is 7.02. The van der Waals surface area contributed by atoms with Crippen molar-refractivity contribution in [2.75, 3.05) is 5.33 Å². The molecule has 0 heterocycles. The van der Waals surface area contributed by atoms with E-state index in [1.165, 1.54) is 24.6 Å². The van der Waals surface area contributed by atoms with Gasteiger partial charge in [0.2, 0.25) is 0 Å². The number of nitrogens with two attached hydrogens (primary N) is 1. The lowest BCUT2D eigenvalue weighted by Crippen LogP contribution is -2.18. The van der Waals surface area contributed by atoms with Crippen molar-refractivity contribution in [3.8, 4) is 0 Å². The summed E-state index contributed by atoms with van der Waals surface area (Å²) < 4.78 is 0. The SMILES string of the molecule is NC1CCC2(CBr)CC12. The predicted octanol–water partition coefficient (Wildman–Crippen LogP) is 1.51. The molecule has 0 aromatic heterocycles. The number of hydrogen-bond acceptors (Lipinski definition) is 1. The average molecular weight is 190 g/mol. The van der Waals surface area contributed by atoms with E-state index in [0.29, 0.717) is 11.5 Å². The molecule has 2 rings (SSSR count). The lowest BCUT2D eigenvalue weighted by molar-refractivity contribution is 0.562. The van der Waals surface area contributed by atoms with Crippen molar-refractivity contribution in [3.63, 3.8) is 0 Å². The summed E-state index contributed by atoms with van der Waals surface area (Å²) in [5.41, 5.74) is 6.53. The summed E-state index contributed by atoms with van der Waals surface area (Å²) in [6, 6.07) is 0.530. The molecule has 2 aliphatic carbocycles. The zero-order valence-electron chi connectivity index (χ0n) is 5.44. The molecule has 0 radical (unpaired) electrons. The molecule has 0 spiro atoms. The van der Waals surface area contributed by atoms with Crippen LogP contribution >= 0.6 is 15.9 Å². The highest BCUT2D eigenvalue weighted by Gasteiger charge is 2.59. The van der Waals surface area contributed by atoms with Gasteiger partial charge in [-0.05, 0) is 30.6 Å². The van der Waals surface area contributed by atoms with Gasteiger partial charge in [-0.3, -0.25) is 0 Å². The van der Waals surface area contributed by atoms with E-state index in [1.54, 1.807) is 0 Å². The van der Waals surface area contributed by atoms with Gasteiger partial charge in [-0.1, -0.05) is 15.9 Å². The summed E-state index contributed by atoms with van der Waals surface area (Å²) in [7, 11) is 0. The van der Waals surface area contributed by atoms with Gasteiger partial charge in [0, 0.05) is 11.4 Å². The highest BCUT2D eigenvalue weighted by atomic mass is 79.9. The number of fused-ring (bicyclic) bond motifs is 1. The third-order valence-electron chi connectivity index (χ3n) is 3.01. The van der Waals surface area contributed by atoms with Crippen LogP contribution in [0.1, 0.15) is 19.3 Å². The summed E-state index contributed by atoms with van der Waals surface area (Å²) in [4.78, 5) is 0. The predicted molar refractivity (Wildman–Crippen MR) is 41.5 cm³/mol. The molecule has 3 atom stereocenters. The minimum absolute atomic E-state index is 0.530. The van der Waals surface area contributed by atoms with Crippen LogP contribution in [0.2, 0.25) is 0 Å². The Morgan fingerprint density at radius 2 is 2.44 bits per heavy atom. The zero-order chi connectivity index (χ0) is 6.48. The van der Waals surface area contributed by atoms with E-state index in [2.05, 4.69) is 15.9 Å². The van der Waals surface area contributed by atoms with Crippen LogP contribution in [0.25, 0.3) is 0 Å². The molecule has 2 heteroatoms. The third kappa shape index (κ3) is 0.695. The molecule has 2 fully saturated rings. The maximum absolute atomic E-state index is 5.86. The summed E-state index contributed by atoms with van der Waals surface area (Å²) in [5.74, 6) is 0.872. The van der Waals surface area contributed by atoms with E-state index in [-0.39, 0.29) is 0 Å². The molecule has 1 nitrogen and oxygen atoms in total. The molecule has 52 valence electrons. The number of rotatable bonds is 1. The minimum Gasteiger partial charge on any atom is -0.327 e. The lowest BCUT2D eigenvalue weighted by Gasteiger charge is -2.02. The Hall–Kier alpha value is 0.440. The molecule has 2 N–H and O–H groups in total. The molecule has 0 amide bonds. The first-order chi connectivity index (χ1) is 4.28. The molecule has 0 aromatic carbocycles. The number of halogens is 1. The maximum Gasteiger partial charge on any atom is 0.00913 e. The van der Waals surface area contributed by atoms with Gasteiger partial charge in [-0.2, -0.15) is 0 Å². The highest BCUT2D eigenvalue weighted by molar-refractivity contribution is 9.09. The summed E-state index contributed by atoms with van der Waals surface area (Å²) in [5, 5.41) is 1.18. The van der Waals surface area contributed by atoms with Gasteiger partial charge in [0.05, 0.1) is 0 Å². The molecule has 0 aromatic rings. The Kier molecular flexibility index (Phi) is 1.18. The molecule has 3 unspecified atom stereocenters. The summed E-state index contributed by atoms with van der Waals surface area (Å²) >= 11 is 3.55. The molecular weight excluding hydrogens is 178 g/mol. The van der Waals surface area contributed by atoms with Crippen molar-refractivity contribution >= 4 is 15.9 Å². The largest absolute Gasteiger partial charge is 0.327 e. The Bertz CT molecular complexity index is 137. The molecule has 0 aliphatic heterocycles. The highest BCUT2D eigenvalue weighted by Crippen LogP contribution is 2.63. The Morgan fingerprint density at radius 1 is 1.67 bits per heavy atom. The van der Waals surface area contributed by atoms with Gasteiger partial charge in [0.1, 0.15) is 0 Å². The summed E-state index contributed by atoms with van der Waals surface area (Å²) in [6.45, 7) is 0. The van der Waals surface area contributed by atoms with Gasteiger partial charge in [0.15, 0.2) is 0 Å². The monoisotopic (exact) mass is 189 g/mol. The van der Waals surface area contributed by atoms with Crippen LogP contribution in [0.5, 0.6) is 0 Å². The second-order valence-corrected chi connectivity index (χ2v) is 4.07. The lowest BCUT2D eigenvalue weighted by atomic mass is 10.1. The van der Waals surface area contributed by atoms with Crippen molar-refractivity contribution in [1.82, 2.24) is 0 Å². The topological polar surface area (TPSA) is 26.0 Å². The van der Waals surface area contributed by atoms with E-state index >= 15 is 0 Å². The Morgan fingerprint density at radius 3 is 2.67 bits per heavy atom. The normalized spacial score (nSPS) is 55.3. The van der Waals surface area contributed by atoms with Gasteiger partial charge in [-0.15, -0.1) is 0 Å². The van der Waals surface area contributed by atoms with Crippen LogP contribution < -0.4 is 5.73 Å². The van der Waals surface area contributed by atoms with Crippen LogP contribution in [0, 0.1) is 11.3 Å². The van der Waals surface area contributed by atoms with Crippen molar-refractivity contribution in [2.24, 2.45) is 17.1 Å². The van der Waals surface area contributed by atoms with Gasteiger partial charge in [0.25, 0.3) is 0 Å². The molecular formula is C7H12BrN. The van der Waals surface area contributed by atoms with Gasteiger partial charge < -0.3 is 5.73 Å². The number of hydrogen-bond donors (Lipinski definition) is 1. The third-order valence-corrected chi connectivity index (χ3v) is 4.13. The Balaban J connectivity index is 2.08. The molecule has 0 saturated heterocycles. The first kappa shape index (κ1) is 6.17. The standard InChI is InChI=1S/C7H12BrN/c8-4-7-2-1-6(9)5(7)3-7/h5-6H,1-4,9H2. The first-order valence-electron chi connectivity index (χ1n) is 3.60. The van der Waals surface area contributed by atoms with Crippen molar-refractivity contribution in [3.05, 3.63) is 0 Å². The fourth-order valence-corrected chi connectivity index (χ4v) is 3.07. The average Bonchev–Trinajstić information content (AvgIpc) is 2.53. The van der Waals surface area contributed by atoms with Crippen LogP contribution in [-0.2, 0) is 0 Å². The van der Waals surface area contributed by atoms with Crippen molar-refractivity contribution in [1.29, 1.82) is 0 Å². The molecule has 0 bridgehead atoms. The fourth-order valence-electron chi connectivity index (χ4n) is 2.15. The quantitative estimate of drug-likeness (QED) is 0.623. The van der Waals surface area contributed by atoms with E-state index in [1.807, 2.05) is 0 Å². The van der Waals surface area contributed by atoms with Crippen molar-refractivity contribution < 1.29 is 0 Å². The first-order valence-corrected chi connectivity index (χ1v) is 4.72. The van der Waals surface area contributed by atoms with Gasteiger partial charge in [-0.25, -0.2) is 0 Å². The Labute approximate surface area is 64.1 Å². The van der Waals surface area contributed by atoms with E-state index < -0.39 is 0 Å². The van der Waals surface area contributed by atoms with Gasteiger partial charge >= 0.3 is 0 Å². The fraction of sp³-hybridized carbons (Fsp3) is 1.00. The number of alkyl halides is 1. The second-order valence-electron chi connectivity index (χ2n) is 3.51. The smallest absolute Gasteiger partial charge is 0.00913 e. The molecule has 2 saturated carbocycles. The molecule has 9 heavy (non-hydrogen) atoms.